The molecule has 0 radical (unpaired) electrons. The zero-order valence-corrected chi connectivity index (χ0v) is 11.9. The van der Waals surface area contributed by atoms with Crippen LogP contribution in [0.25, 0.3) is 0 Å². The molecule has 1 fully saturated rings. The molecule has 1 saturated carbocycles. The van der Waals surface area contributed by atoms with Gasteiger partial charge in [0.1, 0.15) is 0 Å². The van der Waals surface area contributed by atoms with Crippen LogP contribution in [-0.2, 0) is 4.74 Å². The first-order valence-electron chi connectivity index (χ1n) is 6.78. The van der Waals surface area contributed by atoms with Crippen LogP contribution in [0.3, 0.4) is 0 Å². The van der Waals surface area contributed by atoms with Crippen molar-refractivity contribution in [1.29, 1.82) is 0 Å². The Labute approximate surface area is 115 Å². The Kier molecular flexibility index (Phi) is 4.80. The third-order valence-electron chi connectivity index (χ3n) is 3.52. The van der Waals surface area contributed by atoms with Crippen LogP contribution in [0.15, 0.2) is 29.3 Å². The molecule has 1 aromatic rings. The number of hydrogen-bond donors (Lipinski definition) is 2. The maximum atomic E-state index is 5.02. The molecule has 0 bridgehead atoms. The summed E-state index contributed by atoms with van der Waals surface area (Å²) in [6.07, 6.45) is 1.18. The monoisotopic (exact) mass is 261 g/mol. The molecular formula is C15H23N3O. The molecular weight excluding hydrogens is 238 g/mol. The zero-order valence-electron chi connectivity index (χ0n) is 11.9. The summed E-state index contributed by atoms with van der Waals surface area (Å²) < 4.78 is 5.02. The summed E-state index contributed by atoms with van der Waals surface area (Å²) in [7, 11) is 3.50. The van der Waals surface area contributed by atoms with E-state index in [1.807, 2.05) is 0 Å². The second kappa shape index (κ2) is 6.57. The maximum absolute atomic E-state index is 5.02. The lowest BCUT2D eigenvalue weighted by atomic mass is 10.0. The smallest absolute Gasteiger partial charge is 0.191 e. The van der Waals surface area contributed by atoms with Crippen LogP contribution < -0.4 is 10.6 Å². The number of aliphatic imine (C=N–C) groups is 1. The predicted octanol–water partition coefficient (Wildman–Crippen LogP) is 1.66. The van der Waals surface area contributed by atoms with Gasteiger partial charge in [0.05, 0.1) is 6.61 Å². The second-order valence-corrected chi connectivity index (χ2v) is 4.94. The third-order valence-corrected chi connectivity index (χ3v) is 3.52. The van der Waals surface area contributed by atoms with Gasteiger partial charge in [0, 0.05) is 32.7 Å². The largest absolute Gasteiger partial charge is 0.383 e. The Balaban J connectivity index is 1.84. The van der Waals surface area contributed by atoms with Crippen molar-refractivity contribution in [3.63, 3.8) is 0 Å². The highest BCUT2D eigenvalue weighted by Gasteiger charge is 2.39. The van der Waals surface area contributed by atoms with Gasteiger partial charge in [0.2, 0.25) is 0 Å². The molecule has 4 heteroatoms. The number of benzene rings is 1. The Morgan fingerprint density at radius 1 is 1.42 bits per heavy atom. The van der Waals surface area contributed by atoms with Crippen molar-refractivity contribution < 1.29 is 4.74 Å². The molecule has 0 saturated heterocycles. The number of guanidine groups is 1. The number of ether oxygens (including phenoxy) is 1. The molecule has 0 aromatic heterocycles. The summed E-state index contributed by atoms with van der Waals surface area (Å²) in [5, 5.41) is 6.70. The van der Waals surface area contributed by atoms with Crippen LogP contribution in [0.5, 0.6) is 0 Å². The Hall–Kier alpha value is -1.55. The van der Waals surface area contributed by atoms with Gasteiger partial charge in [-0.1, -0.05) is 24.3 Å². The van der Waals surface area contributed by atoms with Crippen molar-refractivity contribution >= 4 is 5.96 Å². The highest BCUT2D eigenvalue weighted by atomic mass is 16.5. The van der Waals surface area contributed by atoms with Crippen molar-refractivity contribution in [2.75, 3.05) is 27.3 Å². The summed E-state index contributed by atoms with van der Waals surface area (Å²) in [6, 6.07) is 9.10. The molecule has 19 heavy (non-hydrogen) atoms. The van der Waals surface area contributed by atoms with Crippen molar-refractivity contribution in [1.82, 2.24) is 10.6 Å². The summed E-state index contributed by atoms with van der Waals surface area (Å²) in [6.45, 7) is 3.64. The summed E-state index contributed by atoms with van der Waals surface area (Å²) in [4.78, 5) is 4.23. The molecule has 4 nitrogen and oxygen atoms in total. The van der Waals surface area contributed by atoms with E-state index in [9.17, 15) is 0 Å². The molecule has 2 rings (SSSR count). The average Bonchev–Trinajstić information content (AvgIpc) is 3.17. The van der Waals surface area contributed by atoms with Gasteiger partial charge in [-0.25, -0.2) is 0 Å². The van der Waals surface area contributed by atoms with Gasteiger partial charge in [0.15, 0.2) is 5.96 Å². The van der Waals surface area contributed by atoms with E-state index in [-0.39, 0.29) is 0 Å². The fourth-order valence-corrected chi connectivity index (χ4v) is 2.34. The summed E-state index contributed by atoms with van der Waals surface area (Å²) >= 11 is 0. The highest BCUT2D eigenvalue weighted by Crippen LogP contribution is 2.41. The second-order valence-electron chi connectivity index (χ2n) is 4.94. The fraction of sp³-hybridized carbons (Fsp3) is 0.533. The van der Waals surface area contributed by atoms with E-state index in [1.54, 1.807) is 14.2 Å². The highest BCUT2D eigenvalue weighted by molar-refractivity contribution is 5.80. The molecule has 1 aliphatic carbocycles. The number of nitrogens with zero attached hydrogens (tertiary/aromatic N) is 1. The van der Waals surface area contributed by atoms with Gasteiger partial charge in [-0.15, -0.1) is 0 Å². The number of methoxy groups -OCH3 is 1. The quantitative estimate of drug-likeness (QED) is 0.481. The number of aryl methyl sites for hydroxylation is 1. The predicted molar refractivity (Wildman–Crippen MR) is 78.7 cm³/mol. The zero-order chi connectivity index (χ0) is 13.7. The molecule has 0 spiro atoms. The lowest BCUT2D eigenvalue weighted by Crippen LogP contribution is -2.40. The van der Waals surface area contributed by atoms with Gasteiger partial charge in [-0.05, 0) is 24.5 Å². The summed E-state index contributed by atoms with van der Waals surface area (Å²) in [5.74, 6) is 1.47. The standard InChI is InChI=1S/C15H23N3O/c1-11-6-4-5-7-12(11)13-10-14(13)18-15(16-2)17-8-9-19-3/h4-7,13-14H,8-10H2,1-3H3,(H2,16,17,18). The Morgan fingerprint density at radius 2 is 2.21 bits per heavy atom. The van der Waals surface area contributed by atoms with E-state index in [0.717, 1.165) is 12.5 Å². The first-order chi connectivity index (χ1) is 9.26. The first-order valence-corrected chi connectivity index (χ1v) is 6.78. The molecule has 0 amide bonds. The van der Waals surface area contributed by atoms with E-state index in [0.29, 0.717) is 18.6 Å². The van der Waals surface area contributed by atoms with E-state index in [2.05, 4.69) is 46.8 Å². The van der Waals surface area contributed by atoms with Crippen LogP contribution in [0.1, 0.15) is 23.5 Å². The molecule has 1 aromatic carbocycles. The van der Waals surface area contributed by atoms with Crippen molar-refractivity contribution in [2.45, 2.75) is 25.3 Å². The number of nitrogens with one attached hydrogen (secondary N) is 2. The Bertz CT molecular complexity index is 445. The molecule has 2 unspecified atom stereocenters. The molecule has 2 N–H and O–H groups in total. The minimum absolute atomic E-state index is 0.495. The number of hydrogen-bond acceptors (Lipinski definition) is 2. The van der Waals surface area contributed by atoms with Gasteiger partial charge in [-0.3, -0.25) is 4.99 Å². The van der Waals surface area contributed by atoms with Crippen molar-refractivity contribution in [3.05, 3.63) is 35.4 Å². The molecule has 2 atom stereocenters. The third kappa shape index (κ3) is 3.70. The van der Waals surface area contributed by atoms with Crippen LogP contribution in [0.2, 0.25) is 0 Å². The minimum Gasteiger partial charge on any atom is -0.383 e. The van der Waals surface area contributed by atoms with Crippen molar-refractivity contribution in [2.24, 2.45) is 4.99 Å². The van der Waals surface area contributed by atoms with Gasteiger partial charge in [-0.2, -0.15) is 0 Å². The molecule has 0 heterocycles. The average molecular weight is 261 g/mol. The van der Waals surface area contributed by atoms with Gasteiger partial charge < -0.3 is 15.4 Å². The first kappa shape index (κ1) is 13.9. The van der Waals surface area contributed by atoms with E-state index in [4.69, 9.17) is 4.74 Å². The topological polar surface area (TPSA) is 45.7 Å². The lowest BCUT2D eigenvalue weighted by Gasteiger charge is -2.12. The van der Waals surface area contributed by atoms with E-state index < -0.39 is 0 Å². The lowest BCUT2D eigenvalue weighted by molar-refractivity contribution is 0.203. The Morgan fingerprint density at radius 3 is 2.89 bits per heavy atom. The van der Waals surface area contributed by atoms with Crippen LogP contribution in [0, 0.1) is 6.92 Å². The van der Waals surface area contributed by atoms with E-state index >= 15 is 0 Å². The SMILES string of the molecule is CN=C(NCCOC)NC1CC1c1ccccc1C. The van der Waals surface area contributed by atoms with Gasteiger partial charge in [0.25, 0.3) is 0 Å². The fourth-order valence-electron chi connectivity index (χ4n) is 2.34. The maximum Gasteiger partial charge on any atom is 0.191 e. The summed E-state index contributed by atoms with van der Waals surface area (Å²) in [5.41, 5.74) is 2.83. The van der Waals surface area contributed by atoms with Crippen LogP contribution >= 0.6 is 0 Å². The molecule has 0 aliphatic heterocycles. The van der Waals surface area contributed by atoms with E-state index in [1.165, 1.54) is 17.5 Å². The minimum atomic E-state index is 0.495. The van der Waals surface area contributed by atoms with Gasteiger partial charge >= 0.3 is 0 Å². The van der Waals surface area contributed by atoms with Crippen molar-refractivity contribution in [3.8, 4) is 0 Å². The molecule has 104 valence electrons. The van der Waals surface area contributed by atoms with Crippen LogP contribution in [0.4, 0.5) is 0 Å². The number of rotatable bonds is 5. The van der Waals surface area contributed by atoms with Crippen LogP contribution in [-0.4, -0.2) is 39.3 Å². The molecule has 1 aliphatic rings. The normalized spacial score (nSPS) is 22.2.